The van der Waals surface area contributed by atoms with Crippen molar-refractivity contribution in [1.29, 1.82) is 0 Å². The summed E-state index contributed by atoms with van der Waals surface area (Å²) < 4.78 is 0. The van der Waals surface area contributed by atoms with E-state index in [2.05, 4.69) is 54.7 Å². The van der Waals surface area contributed by atoms with Crippen LogP contribution in [0.5, 0.6) is 0 Å². The van der Waals surface area contributed by atoms with Gasteiger partial charge in [-0.3, -0.25) is 4.99 Å². The Labute approximate surface area is 131 Å². The predicted molar refractivity (Wildman–Crippen MR) is 90.8 cm³/mol. The summed E-state index contributed by atoms with van der Waals surface area (Å²) in [7, 11) is 1.90. The Morgan fingerprint density at radius 2 is 1.81 bits per heavy atom. The van der Waals surface area contributed by atoms with Gasteiger partial charge in [0, 0.05) is 37.6 Å². The Morgan fingerprint density at radius 1 is 1.19 bits per heavy atom. The van der Waals surface area contributed by atoms with Gasteiger partial charge in [-0.05, 0) is 45.7 Å². The van der Waals surface area contributed by atoms with E-state index in [4.69, 9.17) is 0 Å². The van der Waals surface area contributed by atoms with E-state index in [0.29, 0.717) is 11.3 Å². The molecule has 0 amide bonds. The molecule has 0 aliphatic carbocycles. The predicted octanol–water partition coefficient (Wildman–Crippen LogP) is 2.41. The van der Waals surface area contributed by atoms with Crippen LogP contribution >= 0.6 is 0 Å². The number of nitrogens with zero attached hydrogens (tertiary/aromatic N) is 3. The van der Waals surface area contributed by atoms with E-state index in [1.807, 2.05) is 7.05 Å². The second-order valence-corrected chi connectivity index (χ2v) is 8.07. The molecule has 0 saturated carbocycles. The lowest BCUT2D eigenvalue weighted by molar-refractivity contribution is -0.0668. The molecule has 0 radical (unpaired) electrons. The van der Waals surface area contributed by atoms with Gasteiger partial charge in [0.25, 0.3) is 0 Å². The smallest absolute Gasteiger partial charge is 0.194 e. The highest BCUT2D eigenvalue weighted by atomic mass is 15.4. The number of guanidine groups is 1. The molecule has 2 saturated heterocycles. The van der Waals surface area contributed by atoms with Gasteiger partial charge >= 0.3 is 0 Å². The lowest BCUT2D eigenvalue weighted by Gasteiger charge is -2.62. The number of aliphatic imine (C=N–C) groups is 1. The zero-order valence-corrected chi connectivity index (χ0v) is 14.9. The van der Waals surface area contributed by atoms with Gasteiger partial charge in [0.2, 0.25) is 0 Å². The summed E-state index contributed by atoms with van der Waals surface area (Å²) in [6, 6.07) is 0. The standard InChI is InChI=1S/C17H34N4/c1-14(12-20-9-7-8-10-20)11-19-15(18-6)21-13-16(2,3)17(21,4)5/h14H,7-13H2,1-6H3,(H,18,19). The van der Waals surface area contributed by atoms with Crippen LogP contribution in [0, 0.1) is 11.3 Å². The highest BCUT2D eigenvalue weighted by Crippen LogP contribution is 2.46. The van der Waals surface area contributed by atoms with Crippen LogP contribution in [-0.2, 0) is 0 Å². The van der Waals surface area contributed by atoms with Gasteiger partial charge in [-0.2, -0.15) is 0 Å². The van der Waals surface area contributed by atoms with Crippen molar-refractivity contribution in [2.75, 3.05) is 39.8 Å². The first-order chi connectivity index (χ1) is 9.78. The summed E-state index contributed by atoms with van der Waals surface area (Å²) in [4.78, 5) is 9.49. The number of rotatable bonds is 4. The minimum absolute atomic E-state index is 0.174. The van der Waals surface area contributed by atoms with E-state index >= 15 is 0 Å². The van der Waals surface area contributed by atoms with Crippen LogP contribution in [0.1, 0.15) is 47.5 Å². The van der Waals surface area contributed by atoms with Crippen LogP contribution in [0.25, 0.3) is 0 Å². The molecule has 1 unspecified atom stereocenters. The quantitative estimate of drug-likeness (QED) is 0.638. The van der Waals surface area contributed by atoms with Crippen molar-refractivity contribution in [3.63, 3.8) is 0 Å². The van der Waals surface area contributed by atoms with Gasteiger partial charge in [0.1, 0.15) is 0 Å². The Kier molecular flexibility index (Phi) is 4.86. The molecule has 2 fully saturated rings. The normalized spacial score (nSPS) is 26.6. The summed E-state index contributed by atoms with van der Waals surface area (Å²) in [6.07, 6.45) is 2.75. The monoisotopic (exact) mass is 294 g/mol. The third kappa shape index (κ3) is 3.36. The Hall–Kier alpha value is -0.770. The van der Waals surface area contributed by atoms with Crippen molar-refractivity contribution in [3.8, 4) is 0 Å². The first-order valence-electron chi connectivity index (χ1n) is 8.48. The van der Waals surface area contributed by atoms with E-state index in [9.17, 15) is 0 Å². The van der Waals surface area contributed by atoms with Crippen LogP contribution in [-0.4, -0.2) is 61.1 Å². The second kappa shape index (κ2) is 6.15. The lowest BCUT2D eigenvalue weighted by Crippen LogP contribution is -2.72. The summed E-state index contributed by atoms with van der Waals surface area (Å²) in [5, 5.41) is 3.59. The third-order valence-corrected chi connectivity index (χ3v) is 5.73. The second-order valence-electron chi connectivity index (χ2n) is 8.07. The van der Waals surface area contributed by atoms with Crippen LogP contribution in [0.15, 0.2) is 4.99 Å². The van der Waals surface area contributed by atoms with E-state index in [1.165, 1.54) is 32.5 Å². The van der Waals surface area contributed by atoms with E-state index < -0.39 is 0 Å². The zero-order chi connectivity index (χ0) is 15.7. The van der Waals surface area contributed by atoms with E-state index in [-0.39, 0.29) is 5.54 Å². The maximum absolute atomic E-state index is 4.49. The van der Waals surface area contributed by atoms with E-state index in [1.54, 1.807) is 0 Å². The SMILES string of the molecule is CN=C(NCC(C)CN1CCCC1)N1CC(C)(C)C1(C)C. The molecule has 1 atom stereocenters. The molecular formula is C17H34N4. The summed E-state index contributed by atoms with van der Waals surface area (Å²) in [5.41, 5.74) is 0.527. The maximum atomic E-state index is 4.49. The summed E-state index contributed by atoms with van der Waals surface area (Å²) in [6.45, 7) is 17.5. The van der Waals surface area contributed by atoms with Crippen molar-refractivity contribution in [2.45, 2.75) is 53.0 Å². The average molecular weight is 294 g/mol. The number of hydrogen-bond acceptors (Lipinski definition) is 2. The lowest BCUT2D eigenvalue weighted by atomic mass is 9.65. The average Bonchev–Trinajstić information content (AvgIpc) is 2.90. The molecule has 122 valence electrons. The molecule has 0 aromatic rings. The molecule has 2 rings (SSSR count). The van der Waals surface area contributed by atoms with Gasteiger partial charge in [-0.1, -0.05) is 20.8 Å². The molecule has 0 aromatic carbocycles. The molecule has 0 bridgehead atoms. The molecule has 2 aliphatic heterocycles. The van der Waals surface area contributed by atoms with Gasteiger partial charge in [0.05, 0.1) is 0 Å². The van der Waals surface area contributed by atoms with Crippen molar-refractivity contribution >= 4 is 5.96 Å². The van der Waals surface area contributed by atoms with Gasteiger partial charge in [0.15, 0.2) is 5.96 Å². The van der Waals surface area contributed by atoms with Crippen LogP contribution in [0.2, 0.25) is 0 Å². The molecule has 1 N–H and O–H groups in total. The summed E-state index contributed by atoms with van der Waals surface area (Å²) in [5.74, 6) is 1.73. The van der Waals surface area contributed by atoms with Crippen molar-refractivity contribution < 1.29 is 0 Å². The molecule has 0 aromatic heterocycles. The van der Waals surface area contributed by atoms with Crippen LogP contribution in [0.4, 0.5) is 0 Å². The Bertz CT molecular complexity index is 380. The molecule has 2 heterocycles. The molecule has 4 nitrogen and oxygen atoms in total. The van der Waals surface area contributed by atoms with Gasteiger partial charge in [-0.15, -0.1) is 0 Å². The maximum Gasteiger partial charge on any atom is 0.194 e. The van der Waals surface area contributed by atoms with Crippen LogP contribution in [0.3, 0.4) is 0 Å². The molecule has 2 aliphatic rings. The van der Waals surface area contributed by atoms with Crippen molar-refractivity contribution in [1.82, 2.24) is 15.1 Å². The molecule has 21 heavy (non-hydrogen) atoms. The highest BCUT2D eigenvalue weighted by Gasteiger charge is 2.53. The van der Waals surface area contributed by atoms with Crippen molar-refractivity contribution in [3.05, 3.63) is 0 Å². The fourth-order valence-electron chi connectivity index (χ4n) is 3.43. The molecular weight excluding hydrogens is 260 g/mol. The minimum atomic E-state index is 0.174. The van der Waals surface area contributed by atoms with Gasteiger partial charge < -0.3 is 15.1 Å². The highest BCUT2D eigenvalue weighted by molar-refractivity contribution is 5.82. The first kappa shape index (κ1) is 16.6. The van der Waals surface area contributed by atoms with Gasteiger partial charge in [-0.25, -0.2) is 0 Å². The molecule has 0 spiro atoms. The topological polar surface area (TPSA) is 30.9 Å². The summed E-state index contributed by atoms with van der Waals surface area (Å²) >= 11 is 0. The number of hydrogen-bond donors (Lipinski definition) is 1. The fraction of sp³-hybridized carbons (Fsp3) is 0.941. The van der Waals surface area contributed by atoms with Crippen LogP contribution < -0.4 is 5.32 Å². The number of nitrogens with one attached hydrogen (secondary N) is 1. The van der Waals surface area contributed by atoms with Crippen molar-refractivity contribution in [2.24, 2.45) is 16.3 Å². The zero-order valence-electron chi connectivity index (χ0n) is 14.9. The Balaban J connectivity index is 1.81. The van der Waals surface area contributed by atoms with E-state index in [0.717, 1.165) is 19.0 Å². The Morgan fingerprint density at radius 3 is 2.29 bits per heavy atom. The third-order valence-electron chi connectivity index (χ3n) is 5.73. The number of likely N-dealkylation sites (tertiary alicyclic amines) is 2. The first-order valence-corrected chi connectivity index (χ1v) is 8.48. The largest absolute Gasteiger partial charge is 0.356 e. The minimum Gasteiger partial charge on any atom is -0.356 e. The fourth-order valence-corrected chi connectivity index (χ4v) is 3.43. The molecule has 4 heteroatoms.